The highest BCUT2D eigenvalue weighted by molar-refractivity contribution is 5.97. The summed E-state index contributed by atoms with van der Waals surface area (Å²) in [6.07, 6.45) is 3.13. The third kappa shape index (κ3) is 5.37. The van der Waals surface area contributed by atoms with Gasteiger partial charge in [-0.05, 0) is 49.9 Å². The van der Waals surface area contributed by atoms with Gasteiger partial charge in [0.05, 0.1) is 0 Å². The summed E-state index contributed by atoms with van der Waals surface area (Å²) < 4.78 is 13.0. The minimum absolute atomic E-state index is 0.0234. The van der Waals surface area contributed by atoms with Crippen LogP contribution in [0.5, 0.6) is 0 Å². The fraction of sp³-hybridized carbons (Fsp3) is 0.500. The highest BCUT2D eigenvalue weighted by atomic mass is 19.1. The molecule has 162 valence electrons. The number of halogens is 1. The maximum absolute atomic E-state index is 13.0. The molecule has 2 aliphatic rings. The average molecular weight is 416 g/mol. The van der Waals surface area contributed by atoms with E-state index in [2.05, 4.69) is 11.7 Å². The van der Waals surface area contributed by atoms with Crippen LogP contribution in [-0.2, 0) is 14.4 Å². The second-order valence-corrected chi connectivity index (χ2v) is 7.94. The van der Waals surface area contributed by atoms with Crippen LogP contribution in [0.1, 0.15) is 38.2 Å². The van der Waals surface area contributed by atoms with E-state index < -0.39 is 0 Å². The lowest BCUT2D eigenvalue weighted by atomic mass is 9.91. The Morgan fingerprint density at radius 3 is 2.40 bits per heavy atom. The van der Waals surface area contributed by atoms with Crippen LogP contribution in [0.25, 0.3) is 0 Å². The van der Waals surface area contributed by atoms with Crippen LogP contribution < -0.4 is 5.73 Å². The maximum atomic E-state index is 13.0. The Morgan fingerprint density at radius 2 is 1.77 bits per heavy atom. The molecule has 1 aromatic carbocycles. The van der Waals surface area contributed by atoms with E-state index >= 15 is 0 Å². The van der Waals surface area contributed by atoms with Gasteiger partial charge in [-0.1, -0.05) is 11.7 Å². The molecule has 3 rings (SSSR count). The normalized spacial score (nSPS) is 20.7. The lowest BCUT2D eigenvalue weighted by Gasteiger charge is -2.37. The van der Waals surface area contributed by atoms with Gasteiger partial charge in [-0.2, -0.15) is 0 Å². The molecule has 30 heavy (non-hydrogen) atoms. The number of benzene rings is 1. The van der Waals surface area contributed by atoms with Gasteiger partial charge in [-0.3, -0.25) is 9.59 Å². The molecule has 1 atom stereocenters. The Morgan fingerprint density at radius 1 is 1.10 bits per heavy atom. The Balaban J connectivity index is 1.53. The Labute approximate surface area is 176 Å². The molecule has 0 radical (unpaired) electrons. The van der Waals surface area contributed by atoms with Crippen LogP contribution >= 0.6 is 0 Å². The summed E-state index contributed by atoms with van der Waals surface area (Å²) in [5.74, 6) is 0.389. The molecule has 2 saturated heterocycles. The summed E-state index contributed by atoms with van der Waals surface area (Å²) in [4.78, 5) is 33.5. The van der Waals surface area contributed by atoms with Gasteiger partial charge >= 0.3 is 0 Å². The Bertz CT molecular complexity index is 816. The largest absolute Gasteiger partial charge is 0.380 e. The first-order chi connectivity index (χ1) is 14.3. The number of carbonyl (C=O) groups excluding carboxylic acids is 2. The van der Waals surface area contributed by atoms with Crippen LogP contribution in [0.3, 0.4) is 0 Å². The van der Waals surface area contributed by atoms with E-state index in [1.165, 1.54) is 24.3 Å². The van der Waals surface area contributed by atoms with Crippen molar-refractivity contribution in [3.8, 4) is 0 Å². The number of hydrogen-bond donors (Lipinski definition) is 1. The van der Waals surface area contributed by atoms with Gasteiger partial charge in [-0.25, -0.2) is 4.39 Å². The minimum atomic E-state index is -0.351. The molecule has 0 aliphatic carbocycles. The molecule has 2 amide bonds. The molecular formula is C22H29FN4O3. The van der Waals surface area contributed by atoms with Gasteiger partial charge in [0.25, 0.3) is 0 Å². The van der Waals surface area contributed by atoms with Crippen LogP contribution in [0.2, 0.25) is 0 Å². The van der Waals surface area contributed by atoms with Crippen LogP contribution in [-0.4, -0.2) is 53.6 Å². The number of amides is 2. The molecule has 8 heteroatoms. The van der Waals surface area contributed by atoms with Gasteiger partial charge in [-0.15, -0.1) is 0 Å². The predicted octanol–water partition coefficient (Wildman–Crippen LogP) is 2.47. The number of likely N-dealkylation sites (tertiary alicyclic amines) is 2. The molecule has 0 bridgehead atoms. The van der Waals surface area contributed by atoms with Gasteiger partial charge in [0, 0.05) is 50.5 Å². The number of carbonyl (C=O) groups is 2. The van der Waals surface area contributed by atoms with E-state index in [4.69, 9.17) is 10.6 Å². The highest BCUT2D eigenvalue weighted by Crippen LogP contribution is 2.27. The quantitative estimate of drug-likeness (QED) is 0.346. The zero-order valence-electron chi connectivity index (χ0n) is 17.3. The van der Waals surface area contributed by atoms with Crippen molar-refractivity contribution in [2.45, 2.75) is 32.6 Å². The SMILES string of the molecule is C=C(O/N=C(\N)c1ccc(F)cc1)C1CCCN(C(=O)C2CCN(C(C)=O)CC2)C1. The van der Waals surface area contributed by atoms with E-state index in [9.17, 15) is 14.0 Å². The number of hydrogen-bond acceptors (Lipinski definition) is 4. The molecule has 0 spiro atoms. The van der Waals surface area contributed by atoms with Crippen LogP contribution in [0, 0.1) is 17.7 Å². The molecule has 0 aromatic heterocycles. The summed E-state index contributed by atoms with van der Waals surface area (Å²) in [6, 6.07) is 5.66. The smallest absolute Gasteiger partial charge is 0.225 e. The number of piperidine rings is 2. The van der Waals surface area contributed by atoms with Crippen molar-refractivity contribution < 1.29 is 18.8 Å². The molecule has 2 aliphatic heterocycles. The second kappa shape index (κ2) is 9.73. The van der Waals surface area contributed by atoms with Crippen molar-refractivity contribution in [2.24, 2.45) is 22.7 Å². The number of nitrogens with zero attached hydrogens (tertiary/aromatic N) is 3. The van der Waals surface area contributed by atoms with Crippen molar-refractivity contribution in [3.63, 3.8) is 0 Å². The molecule has 1 aromatic rings. The molecule has 0 saturated carbocycles. The topological polar surface area (TPSA) is 88.2 Å². The second-order valence-electron chi connectivity index (χ2n) is 7.94. The van der Waals surface area contributed by atoms with E-state index in [0.717, 1.165) is 19.4 Å². The first-order valence-electron chi connectivity index (χ1n) is 10.3. The van der Waals surface area contributed by atoms with Crippen molar-refractivity contribution >= 4 is 17.6 Å². The summed E-state index contributed by atoms with van der Waals surface area (Å²) in [6.45, 7) is 8.06. The lowest BCUT2D eigenvalue weighted by Crippen LogP contribution is -2.47. The van der Waals surface area contributed by atoms with Crippen molar-refractivity contribution in [1.29, 1.82) is 0 Å². The standard InChI is InChI=1S/C22H29FN4O3/c1-15(30-25-21(24)17-5-7-20(23)8-6-17)19-4-3-11-27(14-19)22(29)18-9-12-26(13-10-18)16(2)28/h5-8,18-19H,1,3-4,9-14H2,2H3,(H2,24,25). The van der Waals surface area contributed by atoms with Gasteiger partial charge < -0.3 is 20.4 Å². The van der Waals surface area contributed by atoms with Crippen molar-refractivity contribution in [1.82, 2.24) is 9.80 Å². The molecule has 2 N–H and O–H groups in total. The summed E-state index contributed by atoms with van der Waals surface area (Å²) in [5, 5.41) is 3.92. The van der Waals surface area contributed by atoms with E-state index in [-0.39, 0.29) is 35.3 Å². The first-order valence-corrected chi connectivity index (χ1v) is 10.3. The van der Waals surface area contributed by atoms with E-state index in [1.807, 2.05) is 4.90 Å². The van der Waals surface area contributed by atoms with Gasteiger partial charge in [0.1, 0.15) is 11.6 Å². The number of oxime groups is 1. The van der Waals surface area contributed by atoms with Crippen molar-refractivity contribution in [2.75, 3.05) is 26.2 Å². The number of amidine groups is 1. The van der Waals surface area contributed by atoms with Gasteiger partial charge in [0.2, 0.25) is 11.8 Å². The molecule has 1 unspecified atom stereocenters. The lowest BCUT2D eigenvalue weighted by molar-refractivity contribution is -0.141. The van der Waals surface area contributed by atoms with Crippen LogP contribution in [0.15, 0.2) is 41.8 Å². The van der Waals surface area contributed by atoms with Gasteiger partial charge in [0.15, 0.2) is 5.84 Å². The maximum Gasteiger partial charge on any atom is 0.225 e. The zero-order valence-corrected chi connectivity index (χ0v) is 17.3. The molecule has 7 nitrogen and oxygen atoms in total. The van der Waals surface area contributed by atoms with Crippen LogP contribution in [0.4, 0.5) is 4.39 Å². The summed E-state index contributed by atoms with van der Waals surface area (Å²) >= 11 is 0. The monoisotopic (exact) mass is 416 g/mol. The fourth-order valence-corrected chi connectivity index (χ4v) is 4.00. The Hall–Kier alpha value is -2.90. The minimum Gasteiger partial charge on any atom is -0.380 e. The zero-order chi connectivity index (χ0) is 21.7. The first kappa shape index (κ1) is 21.8. The molecular weight excluding hydrogens is 387 g/mol. The van der Waals surface area contributed by atoms with E-state index in [1.54, 1.807) is 11.8 Å². The summed E-state index contributed by atoms with van der Waals surface area (Å²) in [7, 11) is 0. The Kier molecular flexibility index (Phi) is 7.07. The third-order valence-corrected chi connectivity index (χ3v) is 5.88. The van der Waals surface area contributed by atoms with E-state index in [0.29, 0.717) is 43.8 Å². The predicted molar refractivity (Wildman–Crippen MR) is 112 cm³/mol. The molecule has 2 heterocycles. The highest BCUT2D eigenvalue weighted by Gasteiger charge is 2.33. The number of nitrogens with two attached hydrogens (primary N) is 1. The molecule has 2 fully saturated rings. The average Bonchev–Trinajstić information content (AvgIpc) is 2.77. The third-order valence-electron chi connectivity index (χ3n) is 5.88. The summed E-state index contributed by atoms with van der Waals surface area (Å²) in [5.41, 5.74) is 6.45. The number of rotatable bonds is 5. The fourth-order valence-electron chi connectivity index (χ4n) is 4.00. The van der Waals surface area contributed by atoms with Crippen molar-refractivity contribution in [3.05, 3.63) is 48.0 Å².